The van der Waals surface area contributed by atoms with Crippen LogP contribution in [0, 0.1) is 12.7 Å². The number of aryl methyl sites for hydroxylation is 1. The van der Waals surface area contributed by atoms with E-state index in [0.29, 0.717) is 5.56 Å². The molecule has 1 aliphatic rings. The number of benzene rings is 1. The summed E-state index contributed by atoms with van der Waals surface area (Å²) in [6.45, 7) is 1.79. The monoisotopic (exact) mass is 232 g/mol. The van der Waals surface area contributed by atoms with Crippen LogP contribution in [0.15, 0.2) is 29.8 Å². The van der Waals surface area contributed by atoms with Crippen molar-refractivity contribution in [3.8, 4) is 0 Å². The summed E-state index contributed by atoms with van der Waals surface area (Å²) in [5.41, 5.74) is 2.26. The molecule has 0 saturated carbocycles. The predicted octanol–water partition coefficient (Wildman–Crippen LogP) is 4.21. The maximum absolute atomic E-state index is 13.0. The lowest BCUT2D eigenvalue weighted by atomic mass is 9.96. The van der Waals surface area contributed by atoms with Crippen molar-refractivity contribution in [1.29, 1.82) is 0 Å². The van der Waals surface area contributed by atoms with Gasteiger partial charge in [0.15, 0.2) is 5.78 Å². The molecule has 1 aromatic carbocycles. The van der Waals surface area contributed by atoms with Crippen LogP contribution in [0.25, 0.3) is 0 Å². The van der Waals surface area contributed by atoms with Crippen LogP contribution in [0.1, 0.15) is 48.0 Å². The van der Waals surface area contributed by atoms with Gasteiger partial charge in [0.1, 0.15) is 5.82 Å². The third-order valence-electron chi connectivity index (χ3n) is 3.27. The van der Waals surface area contributed by atoms with Crippen LogP contribution in [-0.2, 0) is 0 Å². The van der Waals surface area contributed by atoms with Gasteiger partial charge in [-0.1, -0.05) is 12.5 Å². The largest absolute Gasteiger partial charge is 0.289 e. The topological polar surface area (TPSA) is 17.1 Å². The normalized spacial score (nSPS) is 16.2. The summed E-state index contributed by atoms with van der Waals surface area (Å²) < 4.78 is 13.0. The second kappa shape index (κ2) is 5.26. The molecule has 0 amide bonds. The number of hydrogen-bond acceptors (Lipinski definition) is 1. The van der Waals surface area contributed by atoms with Gasteiger partial charge in [0.05, 0.1) is 0 Å². The lowest BCUT2D eigenvalue weighted by Gasteiger charge is -2.07. The van der Waals surface area contributed by atoms with Crippen LogP contribution < -0.4 is 0 Å². The standard InChI is InChI=1S/C15H17FO/c1-11-10-13(16)8-9-14(11)15(17)12-6-4-2-3-5-7-12/h6,8-10H,2-5,7H2,1H3. The van der Waals surface area contributed by atoms with E-state index in [0.717, 1.165) is 30.4 Å². The maximum Gasteiger partial charge on any atom is 0.188 e. The average Bonchev–Trinajstić information content (AvgIpc) is 2.56. The minimum absolute atomic E-state index is 0.0735. The van der Waals surface area contributed by atoms with Gasteiger partial charge in [-0.3, -0.25) is 4.79 Å². The van der Waals surface area contributed by atoms with Crippen LogP contribution in [0.3, 0.4) is 0 Å². The molecular formula is C15H17FO. The van der Waals surface area contributed by atoms with Crippen molar-refractivity contribution in [2.24, 2.45) is 0 Å². The molecule has 0 atom stereocenters. The molecule has 0 aromatic heterocycles. The SMILES string of the molecule is Cc1cc(F)ccc1C(=O)C1=CCCCCC1. The zero-order chi connectivity index (χ0) is 12.3. The molecule has 1 aromatic rings. The summed E-state index contributed by atoms with van der Waals surface area (Å²) in [7, 11) is 0. The van der Waals surface area contributed by atoms with Gasteiger partial charge < -0.3 is 0 Å². The molecule has 2 rings (SSSR count). The zero-order valence-electron chi connectivity index (χ0n) is 10.1. The van der Waals surface area contributed by atoms with Gasteiger partial charge in [-0.2, -0.15) is 0 Å². The molecule has 0 fully saturated rings. The van der Waals surface area contributed by atoms with E-state index in [-0.39, 0.29) is 11.6 Å². The molecule has 0 unspecified atom stereocenters. The molecule has 0 bridgehead atoms. The first kappa shape index (κ1) is 12.0. The van der Waals surface area contributed by atoms with E-state index in [9.17, 15) is 9.18 Å². The van der Waals surface area contributed by atoms with E-state index in [4.69, 9.17) is 0 Å². The Morgan fingerprint density at radius 3 is 2.82 bits per heavy atom. The highest BCUT2D eigenvalue weighted by molar-refractivity contribution is 6.09. The lowest BCUT2D eigenvalue weighted by molar-refractivity contribution is 0.103. The quantitative estimate of drug-likeness (QED) is 0.698. The predicted molar refractivity (Wildman–Crippen MR) is 66.6 cm³/mol. The number of Topliss-reactive ketones (excluding diaryl/α,β-unsaturated/α-hetero) is 1. The first-order valence-electron chi connectivity index (χ1n) is 6.18. The zero-order valence-corrected chi connectivity index (χ0v) is 10.1. The van der Waals surface area contributed by atoms with Gasteiger partial charge in [0.25, 0.3) is 0 Å². The number of halogens is 1. The fraction of sp³-hybridized carbons (Fsp3) is 0.400. The fourth-order valence-corrected chi connectivity index (χ4v) is 2.28. The highest BCUT2D eigenvalue weighted by atomic mass is 19.1. The van der Waals surface area contributed by atoms with Gasteiger partial charge in [0, 0.05) is 5.56 Å². The van der Waals surface area contributed by atoms with Gasteiger partial charge in [-0.25, -0.2) is 4.39 Å². The van der Waals surface area contributed by atoms with Crippen molar-refractivity contribution in [2.45, 2.75) is 39.0 Å². The van der Waals surface area contributed by atoms with Crippen molar-refractivity contribution in [2.75, 3.05) is 0 Å². The molecule has 0 spiro atoms. The summed E-state index contributed by atoms with van der Waals surface area (Å²) in [5.74, 6) is -0.210. The molecule has 0 heterocycles. The number of carbonyl (C=O) groups is 1. The first-order chi connectivity index (χ1) is 8.18. The highest BCUT2D eigenvalue weighted by Gasteiger charge is 2.15. The Morgan fingerprint density at radius 1 is 1.24 bits per heavy atom. The smallest absolute Gasteiger partial charge is 0.188 e. The number of allylic oxidation sites excluding steroid dienone is 2. The number of hydrogen-bond donors (Lipinski definition) is 0. The summed E-state index contributed by atoms with van der Waals surface area (Å²) in [6.07, 6.45) is 7.34. The Morgan fingerprint density at radius 2 is 2.06 bits per heavy atom. The van der Waals surface area contributed by atoms with Crippen LogP contribution in [0.5, 0.6) is 0 Å². The Balaban J connectivity index is 2.27. The summed E-state index contributed by atoms with van der Waals surface area (Å²) in [5, 5.41) is 0. The molecule has 1 nitrogen and oxygen atoms in total. The van der Waals surface area contributed by atoms with Gasteiger partial charge in [-0.15, -0.1) is 0 Å². The van der Waals surface area contributed by atoms with Gasteiger partial charge in [-0.05, 0) is 61.9 Å². The molecule has 0 radical (unpaired) electrons. The Bertz CT molecular complexity index is 460. The average molecular weight is 232 g/mol. The first-order valence-corrected chi connectivity index (χ1v) is 6.18. The van der Waals surface area contributed by atoms with E-state index < -0.39 is 0 Å². The van der Waals surface area contributed by atoms with E-state index in [1.165, 1.54) is 25.0 Å². The van der Waals surface area contributed by atoms with Crippen molar-refractivity contribution < 1.29 is 9.18 Å². The Labute approximate surface area is 101 Å². The van der Waals surface area contributed by atoms with Crippen LogP contribution in [-0.4, -0.2) is 5.78 Å². The van der Waals surface area contributed by atoms with E-state index in [1.54, 1.807) is 13.0 Å². The summed E-state index contributed by atoms with van der Waals surface area (Å²) >= 11 is 0. The number of ketones is 1. The van der Waals surface area contributed by atoms with Crippen molar-refractivity contribution in [3.05, 3.63) is 46.8 Å². The Hall–Kier alpha value is -1.44. The van der Waals surface area contributed by atoms with E-state index in [1.807, 2.05) is 0 Å². The summed E-state index contributed by atoms with van der Waals surface area (Å²) in [4.78, 5) is 12.3. The number of carbonyl (C=O) groups excluding carboxylic acids is 1. The second-order valence-electron chi connectivity index (χ2n) is 4.62. The van der Waals surface area contributed by atoms with Crippen molar-refractivity contribution >= 4 is 5.78 Å². The van der Waals surface area contributed by atoms with Crippen LogP contribution in [0.2, 0.25) is 0 Å². The Kier molecular flexibility index (Phi) is 3.72. The van der Waals surface area contributed by atoms with Crippen LogP contribution >= 0.6 is 0 Å². The molecule has 0 saturated heterocycles. The molecule has 17 heavy (non-hydrogen) atoms. The molecule has 1 aliphatic carbocycles. The van der Waals surface area contributed by atoms with Crippen molar-refractivity contribution in [1.82, 2.24) is 0 Å². The molecular weight excluding hydrogens is 215 g/mol. The maximum atomic E-state index is 13.0. The number of rotatable bonds is 2. The molecule has 0 aliphatic heterocycles. The molecule has 0 N–H and O–H groups in total. The third kappa shape index (κ3) is 2.82. The van der Waals surface area contributed by atoms with Gasteiger partial charge >= 0.3 is 0 Å². The van der Waals surface area contributed by atoms with Gasteiger partial charge in [0.2, 0.25) is 0 Å². The van der Waals surface area contributed by atoms with Crippen LogP contribution in [0.4, 0.5) is 4.39 Å². The summed E-state index contributed by atoms with van der Waals surface area (Å²) in [6, 6.07) is 4.38. The van der Waals surface area contributed by atoms with Crippen molar-refractivity contribution in [3.63, 3.8) is 0 Å². The van der Waals surface area contributed by atoms with E-state index in [2.05, 4.69) is 6.08 Å². The fourth-order valence-electron chi connectivity index (χ4n) is 2.28. The lowest BCUT2D eigenvalue weighted by Crippen LogP contribution is -2.05. The minimum atomic E-state index is -0.283. The minimum Gasteiger partial charge on any atom is -0.289 e. The molecule has 2 heteroatoms. The van der Waals surface area contributed by atoms with E-state index >= 15 is 0 Å². The highest BCUT2D eigenvalue weighted by Crippen LogP contribution is 2.22. The molecule has 90 valence electrons. The second-order valence-corrected chi connectivity index (χ2v) is 4.62. The third-order valence-corrected chi connectivity index (χ3v) is 3.27.